The third kappa shape index (κ3) is 17.8. The quantitative estimate of drug-likeness (QED) is 0.0276. The molecule has 1 aliphatic rings. The van der Waals surface area contributed by atoms with Crippen LogP contribution in [0.25, 0.3) is 0 Å². The summed E-state index contributed by atoms with van der Waals surface area (Å²) in [6.07, 6.45) is 4.03. The van der Waals surface area contributed by atoms with Crippen molar-refractivity contribution in [3.8, 4) is 5.75 Å². The van der Waals surface area contributed by atoms with Crippen molar-refractivity contribution >= 4 is 53.3 Å². The summed E-state index contributed by atoms with van der Waals surface area (Å²) < 4.78 is 0. The Morgan fingerprint density at radius 1 is 0.794 bits per heavy atom. The maximum Gasteiger partial charge on any atom is 0.326 e. The Balaban J connectivity index is 1.89. The number of aromatic amines is 1. The largest absolute Gasteiger partial charge is 0.508 e. The molecule has 0 aliphatic carbocycles. The smallest absolute Gasteiger partial charge is 0.326 e. The van der Waals surface area contributed by atoms with Crippen LogP contribution in [-0.4, -0.2) is 147 Å². The molecule has 3 rings (SSSR count). The van der Waals surface area contributed by atoms with E-state index in [9.17, 15) is 48.6 Å². The Morgan fingerprint density at radius 3 is 1.93 bits per heavy atom. The Bertz CT molecular complexity index is 2040. The Morgan fingerprint density at radius 2 is 1.40 bits per heavy atom. The lowest BCUT2D eigenvalue weighted by atomic mass is 9.98. The molecule has 68 heavy (non-hydrogen) atoms. The number of imidazole rings is 1. The molecule has 23 nitrogen and oxygen atoms in total. The van der Waals surface area contributed by atoms with E-state index in [1.807, 2.05) is 13.8 Å². The van der Waals surface area contributed by atoms with Crippen LogP contribution in [0.4, 0.5) is 0 Å². The highest BCUT2D eigenvalue weighted by Crippen LogP contribution is 2.21. The van der Waals surface area contributed by atoms with Gasteiger partial charge in [0.15, 0.2) is 5.96 Å². The first kappa shape index (κ1) is 55.5. The van der Waals surface area contributed by atoms with Crippen LogP contribution in [0.15, 0.2) is 41.8 Å². The summed E-state index contributed by atoms with van der Waals surface area (Å²) in [5, 5.41) is 38.6. The van der Waals surface area contributed by atoms with Crippen LogP contribution >= 0.6 is 0 Å². The van der Waals surface area contributed by atoms with E-state index in [0.717, 1.165) is 0 Å². The number of carbonyl (C=O) groups is 8. The van der Waals surface area contributed by atoms with Crippen molar-refractivity contribution in [2.75, 3.05) is 26.7 Å². The zero-order valence-electron chi connectivity index (χ0n) is 40.0. The number of hydrogen-bond acceptors (Lipinski definition) is 12. The summed E-state index contributed by atoms with van der Waals surface area (Å²) in [5.41, 5.74) is 11.9. The van der Waals surface area contributed by atoms with Gasteiger partial charge in [-0.2, -0.15) is 0 Å². The van der Waals surface area contributed by atoms with E-state index in [1.165, 1.54) is 29.6 Å². The minimum absolute atomic E-state index is 0.0341. The van der Waals surface area contributed by atoms with Crippen LogP contribution < -0.4 is 48.7 Å². The molecule has 14 N–H and O–H groups in total. The van der Waals surface area contributed by atoms with E-state index >= 15 is 0 Å². The Labute approximate surface area is 396 Å². The second kappa shape index (κ2) is 27.1. The number of amides is 7. The molecule has 1 aliphatic heterocycles. The van der Waals surface area contributed by atoms with Gasteiger partial charge in [0.1, 0.15) is 48.0 Å². The van der Waals surface area contributed by atoms with Crippen LogP contribution in [0.3, 0.4) is 0 Å². The number of nitrogens with two attached hydrogens (primary N) is 2. The van der Waals surface area contributed by atoms with Crippen molar-refractivity contribution in [3.63, 3.8) is 0 Å². The van der Waals surface area contributed by atoms with Gasteiger partial charge in [-0.3, -0.25) is 38.6 Å². The Hall–Kier alpha value is -6.78. The first-order chi connectivity index (χ1) is 32.1. The number of likely N-dealkylation sites (tertiary alicyclic amines) is 1. The molecule has 376 valence electrons. The van der Waals surface area contributed by atoms with Crippen LogP contribution in [0.1, 0.15) is 84.9 Å². The highest BCUT2D eigenvalue weighted by atomic mass is 16.4. The molecule has 1 aromatic heterocycles. The average Bonchev–Trinajstić information content (AvgIpc) is 3.98. The number of H-pyrrole nitrogens is 1. The molecule has 0 spiro atoms. The summed E-state index contributed by atoms with van der Waals surface area (Å²) in [4.78, 5) is 121. The zero-order chi connectivity index (χ0) is 50.7. The van der Waals surface area contributed by atoms with Gasteiger partial charge < -0.3 is 68.8 Å². The van der Waals surface area contributed by atoms with Gasteiger partial charge in [0.05, 0.1) is 12.9 Å². The van der Waals surface area contributed by atoms with Crippen molar-refractivity contribution in [2.45, 2.75) is 129 Å². The first-order valence-electron chi connectivity index (χ1n) is 22.9. The number of carboxylic acid groups (broad SMARTS) is 1. The van der Waals surface area contributed by atoms with Gasteiger partial charge in [-0.15, -0.1) is 0 Å². The molecule has 2 heterocycles. The summed E-state index contributed by atoms with van der Waals surface area (Å²) in [6, 6.07) is -2.40. The van der Waals surface area contributed by atoms with Gasteiger partial charge >= 0.3 is 5.97 Å². The Kier molecular flexibility index (Phi) is 22.2. The molecule has 7 amide bonds. The van der Waals surface area contributed by atoms with Crippen LogP contribution in [-0.2, 0) is 51.2 Å². The van der Waals surface area contributed by atoms with Gasteiger partial charge in [0, 0.05) is 37.8 Å². The molecule has 1 aromatic carbocycles. The second-order valence-corrected chi connectivity index (χ2v) is 18.1. The number of nitrogens with one attached hydrogen (secondary N) is 8. The van der Waals surface area contributed by atoms with E-state index in [4.69, 9.17) is 11.5 Å². The number of aromatic nitrogens is 2. The number of phenols is 1. The predicted molar refractivity (Wildman–Crippen MR) is 251 cm³/mol. The molecule has 0 unspecified atom stereocenters. The molecule has 1 fully saturated rings. The summed E-state index contributed by atoms with van der Waals surface area (Å²) >= 11 is 0. The highest BCUT2D eigenvalue weighted by Gasteiger charge is 2.41. The fraction of sp³-hybridized carbons (Fsp3) is 0.600. The fourth-order valence-corrected chi connectivity index (χ4v) is 7.64. The normalized spacial score (nSPS) is 16.1. The SMILES string of the molecule is CNCC(=O)N[C@@H](CCCN=C(N)N)C(=O)N[C@H](C(=O)N[C@@H](Cc1ccc(O)cc1)C(=O)N[C@H](C(=O)N[C@@H](Cc1cnc[nH]1)C(=O)N1CCC[C@H]1C(=O)N[C@H](CC(C)C)C(=O)O)C(C)C)C(C)C. The predicted octanol–water partition coefficient (Wildman–Crippen LogP) is -1.48. The van der Waals surface area contributed by atoms with E-state index in [0.29, 0.717) is 24.1 Å². The lowest BCUT2D eigenvalue weighted by Gasteiger charge is -2.31. The van der Waals surface area contributed by atoms with E-state index in [1.54, 1.807) is 46.9 Å². The molecular weight excluding hydrogens is 883 g/mol. The summed E-state index contributed by atoms with van der Waals surface area (Å²) in [6.45, 7) is 10.6. The third-order valence-electron chi connectivity index (χ3n) is 11.2. The van der Waals surface area contributed by atoms with Gasteiger partial charge in [0.2, 0.25) is 41.4 Å². The zero-order valence-corrected chi connectivity index (χ0v) is 40.0. The van der Waals surface area contributed by atoms with Crippen molar-refractivity contribution in [1.29, 1.82) is 0 Å². The summed E-state index contributed by atoms with van der Waals surface area (Å²) in [5.74, 6) is -7.15. The number of rotatable bonds is 27. The number of hydrogen-bond donors (Lipinski definition) is 12. The topological polar surface area (TPSA) is 358 Å². The van der Waals surface area contributed by atoms with E-state index < -0.39 is 101 Å². The standard InChI is InChI=1S/C45H71N13O10/c1-24(2)18-33(44(67)68)55-40(63)34-11-9-17-58(34)43(66)32(20-28-21-49-23-51-28)54-42(65)37(26(5)6)57-39(62)31(19-27-12-14-29(59)15-13-27)53-41(64)36(25(3)4)56-38(61)30(52-35(60)22-48-7)10-8-16-50-45(46)47/h12-15,21,23-26,30-34,36-37,48,59H,8-11,16-20,22H2,1-7H3,(H,49,51)(H,52,60)(H,53,64)(H,54,65)(H,55,63)(H,56,61)(H,57,62)(H,67,68)(H4,46,47,50)/t30-,31-,32-,33+,34-,36-,37-/m0/s1. The van der Waals surface area contributed by atoms with E-state index in [-0.39, 0.29) is 69.4 Å². The maximum atomic E-state index is 14.4. The molecule has 0 saturated carbocycles. The number of likely N-dealkylation sites (N-methyl/N-ethyl adjacent to an activating group) is 1. The molecule has 0 bridgehead atoms. The molecule has 1 saturated heterocycles. The van der Waals surface area contributed by atoms with Gasteiger partial charge in [-0.25, -0.2) is 9.78 Å². The van der Waals surface area contributed by atoms with E-state index in [2.05, 4.69) is 52.2 Å². The van der Waals surface area contributed by atoms with Gasteiger partial charge in [-0.1, -0.05) is 53.7 Å². The number of aliphatic carboxylic acids is 1. The van der Waals surface area contributed by atoms with Crippen molar-refractivity contribution in [1.82, 2.24) is 52.1 Å². The van der Waals surface area contributed by atoms with Crippen molar-refractivity contribution < 1.29 is 48.6 Å². The molecule has 0 radical (unpaired) electrons. The monoisotopic (exact) mass is 954 g/mol. The summed E-state index contributed by atoms with van der Waals surface area (Å²) in [7, 11) is 1.57. The second-order valence-electron chi connectivity index (χ2n) is 18.1. The number of nitrogens with zero attached hydrogens (tertiary/aromatic N) is 3. The van der Waals surface area contributed by atoms with Crippen LogP contribution in [0.5, 0.6) is 5.75 Å². The minimum Gasteiger partial charge on any atom is -0.508 e. The first-order valence-corrected chi connectivity index (χ1v) is 22.9. The minimum atomic E-state index is -1.35. The average molecular weight is 954 g/mol. The number of carboxylic acids is 1. The number of aromatic hydroxyl groups is 1. The van der Waals surface area contributed by atoms with Crippen LogP contribution in [0.2, 0.25) is 0 Å². The number of aliphatic imine (C=N–C) groups is 1. The van der Waals surface area contributed by atoms with Crippen molar-refractivity contribution in [3.05, 3.63) is 48.0 Å². The van der Waals surface area contributed by atoms with Crippen molar-refractivity contribution in [2.24, 2.45) is 34.2 Å². The van der Waals surface area contributed by atoms with Gasteiger partial charge in [-0.05, 0) is 74.6 Å². The maximum absolute atomic E-state index is 14.4. The fourth-order valence-electron chi connectivity index (χ4n) is 7.64. The molecule has 23 heteroatoms. The lowest BCUT2D eigenvalue weighted by Crippen LogP contribution is -2.61. The molecular formula is C45H71N13O10. The lowest BCUT2D eigenvalue weighted by molar-refractivity contribution is -0.145. The third-order valence-corrected chi connectivity index (χ3v) is 11.2. The number of phenolic OH excluding ortho intramolecular Hbond substituents is 1. The van der Waals surface area contributed by atoms with Crippen LogP contribution in [0, 0.1) is 17.8 Å². The number of benzene rings is 1. The number of guanidine groups is 1. The molecule has 7 atom stereocenters. The number of carbonyl (C=O) groups excluding carboxylic acids is 7. The highest BCUT2D eigenvalue weighted by molar-refractivity contribution is 5.98. The van der Waals surface area contributed by atoms with Gasteiger partial charge in [0.25, 0.3) is 0 Å². The molecule has 2 aromatic rings.